The lowest BCUT2D eigenvalue weighted by Crippen LogP contribution is -2.47. The number of carbonyl (C=O) groups excluding carboxylic acids is 3. The van der Waals surface area contributed by atoms with Crippen molar-refractivity contribution in [2.75, 3.05) is 19.6 Å². The molecule has 3 amide bonds. The number of nitrogens with two attached hydrogens (primary N) is 1. The Bertz CT molecular complexity index is 592. The Balaban J connectivity index is 2.23. The molecule has 132 valence electrons. The molecule has 0 bridgehead atoms. The van der Waals surface area contributed by atoms with E-state index in [0.29, 0.717) is 0 Å². The number of rotatable bonds is 8. The molecule has 7 nitrogen and oxygen atoms in total. The SMILES string of the molecule is CC(C)[C@H](N)C(=O)NCC(=O)NCCNC(=O)c1ccccc1F. The summed E-state index contributed by atoms with van der Waals surface area (Å²) in [5.74, 6) is -1.99. The second-order valence-corrected chi connectivity index (χ2v) is 5.57. The molecule has 0 radical (unpaired) electrons. The van der Waals surface area contributed by atoms with E-state index in [0.717, 1.165) is 0 Å². The molecule has 0 aliphatic heterocycles. The summed E-state index contributed by atoms with van der Waals surface area (Å²) in [6.07, 6.45) is 0. The van der Waals surface area contributed by atoms with Crippen molar-refractivity contribution in [2.24, 2.45) is 11.7 Å². The van der Waals surface area contributed by atoms with E-state index in [1.807, 2.05) is 13.8 Å². The third kappa shape index (κ3) is 6.33. The first kappa shape index (κ1) is 19.6. The zero-order chi connectivity index (χ0) is 18.1. The Hall–Kier alpha value is -2.48. The van der Waals surface area contributed by atoms with Crippen LogP contribution >= 0.6 is 0 Å². The van der Waals surface area contributed by atoms with Gasteiger partial charge < -0.3 is 21.7 Å². The number of nitrogens with one attached hydrogen (secondary N) is 3. The largest absolute Gasteiger partial charge is 0.353 e. The van der Waals surface area contributed by atoms with Crippen LogP contribution in [0.3, 0.4) is 0 Å². The van der Waals surface area contributed by atoms with Crippen molar-refractivity contribution in [2.45, 2.75) is 19.9 Å². The van der Waals surface area contributed by atoms with Crippen LogP contribution in [0.1, 0.15) is 24.2 Å². The number of benzene rings is 1. The number of hydrogen-bond acceptors (Lipinski definition) is 4. The highest BCUT2D eigenvalue weighted by atomic mass is 19.1. The highest BCUT2D eigenvalue weighted by Gasteiger charge is 2.17. The molecule has 0 saturated carbocycles. The lowest BCUT2D eigenvalue weighted by Gasteiger charge is -2.15. The first-order valence-corrected chi connectivity index (χ1v) is 7.65. The van der Waals surface area contributed by atoms with E-state index < -0.39 is 29.6 Å². The lowest BCUT2D eigenvalue weighted by atomic mass is 10.1. The average Bonchev–Trinajstić information content (AvgIpc) is 2.55. The molecule has 5 N–H and O–H groups in total. The van der Waals surface area contributed by atoms with E-state index in [9.17, 15) is 18.8 Å². The fraction of sp³-hybridized carbons (Fsp3) is 0.438. The van der Waals surface area contributed by atoms with Crippen molar-refractivity contribution in [3.8, 4) is 0 Å². The van der Waals surface area contributed by atoms with Crippen LogP contribution in [0, 0.1) is 11.7 Å². The van der Waals surface area contributed by atoms with E-state index in [1.165, 1.54) is 18.2 Å². The third-order valence-corrected chi connectivity index (χ3v) is 3.30. The van der Waals surface area contributed by atoms with Gasteiger partial charge in [0.25, 0.3) is 5.91 Å². The Morgan fingerprint density at radius 3 is 2.33 bits per heavy atom. The lowest BCUT2D eigenvalue weighted by molar-refractivity contribution is -0.127. The minimum Gasteiger partial charge on any atom is -0.353 e. The molecule has 1 atom stereocenters. The summed E-state index contributed by atoms with van der Waals surface area (Å²) in [6.45, 7) is 3.72. The normalized spacial score (nSPS) is 11.7. The molecular weight excluding hydrogens is 315 g/mol. The molecule has 0 aliphatic carbocycles. The van der Waals surface area contributed by atoms with Crippen LogP contribution in [0.15, 0.2) is 24.3 Å². The Kier molecular flexibility index (Phi) is 7.84. The third-order valence-electron chi connectivity index (χ3n) is 3.30. The van der Waals surface area contributed by atoms with Gasteiger partial charge in [-0.1, -0.05) is 26.0 Å². The Morgan fingerprint density at radius 2 is 1.71 bits per heavy atom. The molecule has 0 aromatic heterocycles. The standard InChI is InChI=1S/C16H23FN4O3/c1-10(2)14(18)16(24)21-9-13(22)19-7-8-20-15(23)11-5-3-4-6-12(11)17/h3-6,10,14H,7-9,18H2,1-2H3,(H,19,22)(H,20,23)(H,21,24)/t14-/m0/s1. The van der Waals surface area contributed by atoms with Gasteiger partial charge in [0.05, 0.1) is 18.2 Å². The predicted molar refractivity (Wildman–Crippen MR) is 87.6 cm³/mol. The van der Waals surface area contributed by atoms with Crippen molar-refractivity contribution in [3.05, 3.63) is 35.6 Å². The summed E-state index contributed by atoms with van der Waals surface area (Å²) in [4.78, 5) is 34.9. The van der Waals surface area contributed by atoms with E-state index in [4.69, 9.17) is 5.73 Å². The van der Waals surface area contributed by atoms with Crippen LogP contribution < -0.4 is 21.7 Å². The van der Waals surface area contributed by atoms with Crippen LogP contribution in [0.5, 0.6) is 0 Å². The van der Waals surface area contributed by atoms with E-state index in [1.54, 1.807) is 6.07 Å². The second-order valence-electron chi connectivity index (χ2n) is 5.57. The van der Waals surface area contributed by atoms with Gasteiger partial charge in [0.1, 0.15) is 5.82 Å². The van der Waals surface area contributed by atoms with Crippen LogP contribution in [-0.2, 0) is 9.59 Å². The van der Waals surface area contributed by atoms with E-state index >= 15 is 0 Å². The molecule has 0 aliphatic rings. The molecule has 1 aromatic carbocycles. The van der Waals surface area contributed by atoms with E-state index in [-0.39, 0.29) is 31.1 Å². The molecule has 0 saturated heterocycles. The Morgan fingerprint density at radius 1 is 1.08 bits per heavy atom. The highest BCUT2D eigenvalue weighted by Crippen LogP contribution is 2.05. The maximum Gasteiger partial charge on any atom is 0.254 e. The quantitative estimate of drug-likeness (QED) is 0.490. The van der Waals surface area contributed by atoms with Gasteiger partial charge in [-0.25, -0.2) is 4.39 Å². The summed E-state index contributed by atoms with van der Waals surface area (Å²) in [7, 11) is 0. The van der Waals surface area contributed by atoms with Crippen LogP contribution in [0.4, 0.5) is 4.39 Å². The van der Waals surface area contributed by atoms with Crippen LogP contribution in [0.2, 0.25) is 0 Å². The number of hydrogen-bond donors (Lipinski definition) is 4. The molecule has 8 heteroatoms. The van der Waals surface area contributed by atoms with Crippen LogP contribution in [-0.4, -0.2) is 43.4 Å². The molecule has 24 heavy (non-hydrogen) atoms. The van der Waals surface area contributed by atoms with E-state index in [2.05, 4.69) is 16.0 Å². The fourth-order valence-electron chi connectivity index (χ4n) is 1.77. The number of carbonyl (C=O) groups is 3. The Labute approximate surface area is 140 Å². The summed E-state index contributed by atoms with van der Waals surface area (Å²) in [5, 5.41) is 7.45. The van der Waals surface area contributed by atoms with Crippen LogP contribution in [0.25, 0.3) is 0 Å². The highest BCUT2D eigenvalue weighted by molar-refractivity contribution is 5.94. The molecule has 1 aromatic rings. The molecule has 0 heterocycles. The smallest absolute Gasteiger partial charge is 0.254 e. The van der Waals surface area contributed by atoms with Gasteiger partial charge in [0.15, 0.2) is 0 Å². The summed E-state index contributed by atoms with van der Waals surface area (Å²) < 4.78 is 13.4. The topological polar surface area (TPSA) is 113 Å². The summed E-state index contributed by atoms with van der Waals surface area (Å²) in [5.41, 5.74) is 5.59. The maximum atomic E-state index is 13.4. The molecule has 0 fully saturated rings. The maximum absolute atomic E-state index is 13.4. The minimum absolute atomic E-state index is 0.0262. The first-order valence-electron chi connectivity index (χ1n) is 7.65. The van der Waals surface area contributed by atoms with Gasteiger partial charge in [-0.15, -0.1) is 0 Å². The molecule has 0 spiro atoms. The van der Waals surface area contributed by atoms with Gasteiger partial charge in [-0.3, -0.25) is 14.4 Å². The number of amides is 3. The van der Waals surface area contributed by atoms with Gasteiger partial charge in [-0.2, -0.15) is 0 Å². The van der Waals surface area contributed by atoms with Gasteiger partial charge in [0, 0.05) is 13.1 Å². The van der Waals surface area contributed by atoms with Crippen molar-refractivity contribution < 1.29 is 18.8 Å². The first-order chi connectivity index (χ1) is 11.3. The fourth-order valence-corrected chi connectivity index (χ4v) is 1.77. The van der Waals surface area contributed by atoms with Gasteiger partial charge in [0.2, 0.25) is 11.8 Å². The van der Waals surface area contributed by atoms with Crippen molar-refractivity contribution >= 4 is 17.7 Å². The minimum atomic E-state index is -0.669. The molecule has 0 unspecified atom stereocenters. The molecular formula is C16H23FN4O3. The zero-order valence-electron chi connectivity index (χ0n) is 13.8. The summed E-state index contributed by atoms with van der Waals surface area (Å²) in [6, 6.07) is 4.95. The van der Waals surface area contributed by atoms with Crippen molar-refractivity contribution in [1.29, 1.82) is 0 Å². The van der Waals surface area contributed by atoms with Crippen molar-refractivity contribution in [1.82, 2.24) is 16.0 Å². The number of halogens is 1. The predicted octanol–water partition coefficient (Wildman–Crippen LogP) is -0.229. The van der Waals surface area contributed by atoms with Gasteiger partial charge in [-0.05, 0) is 18.1 Å². The zero-order valence-corrected chi connectivity index (χ0v) is 13.8. The monoisotopic (exact) mass is 338 g/mol. The van der Waals surface area contributed by atoms with Gasteiger partial charge >= 0.3 is 0 Å². The summed E-state index contributed by atoms with van der Waals surface area (Å²) >= 11 is 0. The average molecular weight is 338 g/mol. The molecule has 1 rings (SSSR count). The second kappa shape index (κ2) is 9.61. The van der Waals surface area contributed by atoms with Crippen molar-refractivity contribution in [3.63, 3.8) is 0 Å².